The smallest absolute Gasteiger partial charge is 0.227 e. The summed E-state index contributed by atoms with van der Waals surface area (Å²) in [5, 5.41) is 7.64. The molecule has 28 heavy (non-hydrogen) atoms. The lowest BCUT2D eigenvalue weighted by Gasteiger charge is -2.06. The van der Waals surface area contributed by atoms with Gasteiger partial charge in [-0.3, -0.25) is 4.79 Å². The molecule has 6 nitrogen and oxygen atoms in total. The highest BCUT2D eigenvalue weighted by molar-refractivity contribution is 7.15. The Morgan fingerprint density at radius 3 is 2.71 bits per heavy atom. The first-order chi connectivity index (χ1) is 13.6. The lowest BCUT2D eigenvalue weighted by Crippen LogP contribution is -2.12. The molecule has 0 bridgehead atoms. The van der Waals surface area contributed by atoms with Crippen LogP contribution >= 0.6 is 11.3 Å². The van der Waals surface area contributed by atoms with Gasteiger partial charge in [-0.1, -0.05) is 43.3 Å². The van der Waals surface area contributed by atoms with Crippen molar-refractivity contribution in [2.75, 3.05) is 5.32 Å². The maximum atomic E-state index is 12.2. The molecule has 1 aliphatic rings. The van der Waals surface area contributed by atoms with Crippen molar-refractivity contribution in [1.29, 1.82) is 0 Å². The van der Waals surface area contributed by atoms with E-state index in [4.69, 9.17) is 4.52 Å². The number of rotatable bonds is 6. The quantitative estimate of drug-likeness (QED) is 0.649. The molecule has 0 saturated heterocycles. The number of nitrogens with zero attached hydrogens (tertiary/aromatic N) is 3. The standard InChI is InChI=1S/C21H24N4O2S/c1-13(2)14-7-9-15(10-8-14)20-24-19(27-25-20)12-11-18(26)23-21-22-16-5-3-4-6-17(16)28-21/h7-10,13H,3-6,11-12H2,1-2H3,(H,22,23,26). The molecule has 2 aromatic heterocycles. The molecule has 0 atom stereocenters. The van der Waals surface area contributed by atoms with Crippen LogP contribution in [0.25, 0.3) is 11.4 Å². The summed E-state index contributed by atoms with van der Waals surface area (Å²) in [6.07, 6.45) is 5.19. The van der Waals surface area contributed by atoms with Gasteiger partial charge in [-0.05, 0) is 37.2 Å². The summed E-state index contributed by atoms with van der Waals surface area (Å²) in [6.45, 7) is 4.32. The first-order valence-corrected chi connectivity index (χ1v) is 10.6. The Hall–Kier alpha value is -2.54. The Morgan fingerprint density at radius 2 is 1.96 bits per heavy atom. The van der Waals surface area contributed by atoms with Crippen molar-refractivity contribution in [1.82, 2.24) is 15.1 Å². The van der Waals surface area contributed by atoms with Crippen LogP contribution in [0.15, 0.2) is 28.8 Å². The maximum Gasteiger partial charge on any atom is 0.227 e. The molecule has 1 amide bonds. The van der Waals surface area contributed by atoms with Crippen molar-refractivity contribution >= 4 is 22.4 Å². The average molecular weight is 397 g/mol. The molecule has 2 heterocycles. The van der Waals surface area contributed by atoms with E-state index >= 15 is 0 Å². The number of carbonyl (C=O) groups is 1. The number of aryl methyl sites for hydroxylation is 3. The minimum Gasteiger partial charge on any atom is -0.339 e. The number of benzene rings is 1. The molecule has 1 aromatic carbocycles. The molecule has 3 aromatic rings. The Kier molecular flexibility index (Phi) is 5.52. The summed E-state index contributed by atoms with van der Waals surface area (Å²) in [7, 11) is 0. The van der Waals surface area contributed by atoms with Crippen molar-refractivity contribution < 1.29 is 9.32 Å². The third kappa shape index (κ3) is 4.30. The second-order valence-corrected chi connectivity index (χ2v) is 8.52. The topological polar surface area (TPSA) is 80.9 Å². The second-order valence-electron chi connectivity index (χ2n) is 7.43. The zero-order chi connectivity index (χ0) is 19.5. The monoisotopic (exact) mass is 396 g/mol. The third-order valence-corrected chi connectivity index (χ3v) is 6.03. The summed E-state index contributed by atoms with van der Waals surface area (Å²) >= 11 is 1.60. The van der Waals surface area contributed by atoms with Gasteiger partial charge >= 0.3 is 0 Å². The van der Waals surface area contributed by atoms with Crippen molar-refractivity contribution in [3.05, 3.63) is 46.3 Å². The Bertz CT molecular complexity index is 936. The van der Waals surface area contributed by atoms with Crippen LogP contribution in [-0.4, -0.2) is 21.0 Å². The van der Waals surface area contributed by atoms with Gasteiger partial charge in [0.25, 0.3) is 0 Å². The summed E-state index contributed by atoms with van der Waals surface area (Å²) < 4.78 is 5.31. The Labute approximate surface area is 168 Å². The van der Waals surface area contributed by atoms with E-state index in [2.05, 4.69) is 46.4 Å². The highest BCUT2D eigenvalue weighted by atomic mass is 32.1. The molecule has 0 aliphatic heterocycles. The van der Waals surface area contributed by atoms with Crippen LogP contribution in [0, 0.1) is 0 Å². The van der Waals surface area contributed by atoms with Crippen molar-refractivity contribution in [2.24, 2.45) is 0 Å². The summed E-state index contributed by atoms with van der Waals surface area (Å²) in [5.41, 5.74) is 3.34. The fourth-order valence-electron chi connectivity index (χ4n) is 3.30. The van der Waals surface area contributed by atoms with E-state index in [1.54, 1.807) is 11.3 Å². The SMILES string of the molecule is CC(C)c1ccc(-c2noc(CCC(=O)Nc3nc4c(s3)CCCC4)n2)cc1. The second kappa shape index (κ2) is 8.22. The molecule has 4 rings (SSSR count). The third-order valence-electron chi connectivity index (χ3n) is 4.96. The number of anilines is 1. The number of nitrogens with one attached hydrogen (secondary N) is 1. The van der Waals surface area contributed by atoms with E-state index in [1.165, 1.54) is 23.3 Å². The van der Waals surface area contributed by atoms with Gasteiger partial charge in [0.1, 0.15) is 0 Å². The van der Waals surface area contributed by atoms with Crippen LogP contribution in [0.4, 0.5) is 5.13 Å². The number of fused-ring (bicyclic) bond motifs is 1. The van der Waals surface area contributed by atoms with Crippen molar-refractivity contribution in [3.63, 3.8) is 0 Å². The highest BCUT2D eigenvalue weighted by Gasteiger charge is 2.17. The van der Waals surface area contributed by atoms with Crippen molar-refractivity contribution in [3.8, 4) is 11.4 Å². The van der Waals surface area contributed by atoms with Crippen LogP contribution in [0.3, 0.4) is 0 Å². The molecule has 0 unspecified atom stereocenters. The normalized spacial score (nSPS) is 13.5. The molecule has 1 N–H and O–H groups in total. The van der Waals surface area contributed by atoms with Gasteiger partial charge in [-0.15, -0.1) is 11.3 Å². The number of hydrogen-bond donors (Lipinski definition) is 1. The zero-order valence-electron chi connectivity index (χ0n) is 16.2. The van der Waals surface area contributed by atoms with E-state index in [9.17, 15) is 4.79 Å². The first-order valence-electron chi connectivity index (χ1n) is 9.80. The van der Waals surface area contributed by atoms with Gasteiger partial charge in [0, 0.05) is 23.3 Å². The van der Waals surface area contributed by atoms with E-state index in [0.29, 0.717) is 29.2 Å². The molecule has 0 saturated carbocycles. The average Bonchev–Trinajstić information content (AvgIpc) is 3.33. The van der Waals surface area contributed by atoms with E-state index in [0.717, 1.165) is 24.1 Å². The van der Waals surface area contributed by atoms with Crippen molar-refractivity contribution in [2.45, 2.75) is 58.3 Å². The van der Waals surface area contributed by atoms with Crippen LogP contribution in [0.5, 0.6) is 0 Å². The van der Waals surface area contributed by atoms with E-state index in [1.807, 2.05) is 12.1 Å². The van der Waals surface area contributed by atoms with Gasteiger partial charge in [-0.2, -0.15) is 4.98 Å². The number of aromatic nitrogens is 3. The Morgan fingerprint density at radius 1 is 1.18 bits per heavy atom. The lowest BCUT2D eigenvalue weighted by molar-refractivity contribution is -0.116. The molecular formula is C21H24N4O2S. The van der Waals surface area contributed by atoms with Gasteiger partial charge in [0.15, 0.2) is 5.13 Å². The molecule has 0 radical (unpaired) electrons. The predicted molar refractivity (Wildman–Crippen MR) is 110 cm³/mol. The van der Waals surface area contributed by atoms with Gasteiger partial charge in [0.2, 0.25) is 17.6 Å². The molecule has 0 spiro atoms. The molecule has 146 valence electrons. The highest BCUT2D eigenvalue weighted by Crippen LogP contribution is 2.29. The minimum atomic E-state index is -0.0767. The summed E-state index contributed by atoms with van der Waals surface area (Å²) in [5.74, 6) is 1.43. The number of carbonyl (C=O) groups excluding carboxylic acids is 1. The minimum absolute atomic E-state index is 0.0767. The van der Waals surface area contributed by atoms with E-state index in [-0.39, 0.29) is 12.3 Å². The zero-order valence-corrected chi connectivity index (χ0v) is 17.0. The Balaban J connectivity index is 1.32. The van der Waals surface area contributed by atoms with Gasteiger partial charge < -0.3 is 9.84 Å². The van der Waals surface area contributed by atoms with E-state index < -0.39 is 0 Å². The van der Waals surface area contributed by atoms with Gasteiger partial charge in [0.05, 0.1) is 5.69 Å². The number of amides is 1. The fourth-order valence-corrected chi connectivity index (χ4v) is 4.36. The maximum absolute atomic E-state index is 12.2. The van der Waals surface area contributed by atoms with Crippen LogP contribution in [-0.2, 0) is 24.1 Å². The van der Waals surface area contributed by atoms with Crippen LogP contribution in [0.2, 0.25) is 0 Å². The molecular weight excluding hydrogens is 372 g/mol. The molecule has 0 fully saturated rings. The largest absolute Gasteiger partial charge is 0.339 e. The van der Waals surface area contributed by atoms with Crippen LogP contribution < -0.4 is 5.32 Å². The molecule has 7 heteroatoms. The van der Waals surface area contributed by atoms with Gasteiger partial charge in [-0.25, -0.2) is 4.98 Å². The number of thiazole rings is 1. The first kappa shape index (κ1) is 18.8. The lowest BCUT2D eigenvalue weighted by atomic mass is 10.0. The van der Waals surface area contributed by atoms with Crippen LogP contribution in [0.1, 0.15) is 61.1 Å². The summed E-state index contributed by atoms with van der Waals surface area (Å²) in [4.78, 5) is 22.5. The predicted octanol–water partition coefficient (Wildman–Crippen LogP) is 4.77. The number of hydrogen-bond acceptors (Lipinski definition) is 6. The molecule has 1 aliphatic carbocycles. The fraction of sp³-hybridized carbons (Fsp3) is 0.429. The summed E-state index contributed by atoms with van der Waals surface area (Å²) in [6, 6.07) is 8.16.